The number of carbonyl (C=O) groups is 1. The number of para-hydroxylation sites is 1. The lowest BCUT2D eigenvalue weighted by molar-refractivity contribution is -0.387. The van der Waals surface area contributed by atoms with E-state index in [2.05, 4.69) is 63.0 Å². The monoisotopic (exact) mass is 733 g/mol. The van der Waals surface area contributed by atoms with Gasteiger partial charge in [0.15, 0.2) is 22.5 Å². The van der Waals surface area contributed by atoms with Crippen LogP contribution in [0.5, 0.6) is 0 Å². The molecule has 4 aliphatic carbocycles. The van der Waals surface area contributed by atoms with Crippen LogP contribution >= 0.6 is 11.3 Å². The summed E-state index contributed by atoms with van der Waals surface area (Å²) >= 11 is 1.55. The smallest absolute Gasteiger partial charge is 0.355 e. The number of hydrogen-bond acceptors (Lipinski definition) is 11. The van der Waals surface area contributed by atoms with Crippen molar-refractivity contribution in [3.63, 3.8) is 0 Å². The lowest BCUT2D eigenvalue weighted by Gasteiger charge is -2.82. The summed E-state index contributed by atoms with van der Waals surface area (Å²) in [6.07, 6.45) is 7.66. The summed E-state index contributed by atoms with van der Waals surface area (Å²) in [7, 11) is 6.02. The second-order valence-corrected chi connectivity index (χ2v) is 18.2. The molecule has 4 aromatic heterocycles. The molecular formula is C40H47N9O3S. The molecule has 5 atom stereocenters. The number of ether oxygens (including phenoxy) is 1. The number of rotatable bonds is 12. The minimum absolute atomic E-state index is 0.0257. The molecule has 53 heavy (non-hydrogen) atoms. The number of likely N-dealkylation sites (N-methyl/N-ethyl adjacent to an activating group) is 1. The van der Waals surface area contributed by atoms with Crippen LogP contribution in [-0.2, 0) is 11.3 Å². The third-order valence-electron chi connectivity index (χ3n) is 13.4. The highest BCUT2D eigenvalue weighted by atomic mass is 32.1. The summed E-state index contributed by atoms with van der Waals surface area (Å²) < 4.78 is 10.1. The first-order chi connectivity index (χ1) is 25.2. The maximum Gasteiger partial charge on any atom is 0.355 e. The van der Waals surface area contributed by atoms with Gasteiger partial charge in [-0.05, 0) is 112 Å². The maximum absolute atomic E-state index is 12.7. The minimum atomic E-state index is -1.10. The predicted molar refractivity (Wildman–Crippen MR) is 206 cm³/mol. The van der Waals surface area contributed by atoms with Gasteiger partial charge in [0, 0.05) is 42.4 Å². The van der Waals surface area contributed by atoms with E-state index in [4.69, 9.17) is 9.84 Å². The molecule has 9 rings (SSSR count). The predicted octanol–water partition coefficient (Wildman–Crippen LogP) is 7.48. The van der Waals surface area contributed by atoms with Gasteiger partial charge in [0.25, 0.3) is 0 Å². The summed E-state index contributed by atoms with van der Waals surface area (Å²) in [6.45, 7) is 11.5. The fraction of sp³-hybridized carbons (Fsp3) is 0.500. The second-order valence-electron chi connectivity index (χ2n) is 17.1. The molecule has 2 bridgehead atoms. The van der Waals surface area contributed by atoms with Gasteiger partial charge in [0.1, 0.15) is 5.82 Å². The average Bonchev–Trinajstić information content (AvgIpc) is 3.81. The summed E-state index contributed by atoms with van der Waals surface area (Å²) in [4.78, 5) is 26.0. The molecule has 12 nitrogen and oxygen atoms in total. The molecular weight excluding hydrogens is 687 g/mol. The molecule has 0 saturated heterocycles. The number of benzene rings is 1. The van der Waals surface area contributed by atoms with Crippen molar-refractivity contribution in [1.82, 2.24) is 34.8 Å². The SMILES string of the molecule is Cc1cc(N(C)c2ccc(-c3cnn(CC45CC6(C)C[C@]7(C)CC(OCCN(C)C)(C4)C67C5)c3C)c(C(=O)O)n2)nnc1Nc1nc2ccccc2s1. The highest BCUT2D eigenvalue weighted by Gasteiger charge is 2.93. The molecule has 5 aromatic rings. The molecule has 4 aliphatic rings. The number of aromatic carboxylic acids is 1. The minimum Gasteiger partial charge on any atom is -0.476 e. The van der Waals surface area contributed by atoms with Crippen LogP contribution in [0.1, 0.15) is 67.7 Å². The molecule has 0 radical (unpaired) electrons. The van der Waals surface area contributed by atoms with Gasteiger partial charge in [0.05, 0.1) is 28.6 Å². The number of nitrogens with zero attached hydrogens (tertiary/aromatic N) is 8. The Morgan fingerprint density at radius 3 is 2.49 bits per heavy atom. The van der Waals surface area contributed by atoms with Gasteiger partial charge >= 0.3 is 5.97 Å². The Labute approximate surface area is 313 Å². The zero-order valence-electron chi connectivity index (χ0n) is 31.5. The first-order valence-corrected chi connectivity index (χ1v) is 19.3. The Bertz CT molecular complexity index is 2270. The van der Waals surface area contributed by atoms with Gasteiger partial charge in [-0.2, -0.15) is 5.10 Å². The molecule has 4 heterocycles. The highest BCUT2D eigenvalue weighted by molar-refractivity contribution is 7.22. The van der Waals surface area contributed by atoms with Crippen LogP contribution in [0.4, 0.5) is 22.6 Å². The number of thiazole rings is 1. The van der Waals surface area contributed by atoms with E-state index in [-0.39, 0.29) is 22.1 Å². The fourth-order valence-electron chi connectivity index (χ4n) is 11.9. The Balaban J connectivity index is 0.953. The Morgan fingerprint density at radius 1 is 0.962 bits per heavy atom. The van der Waals surface area contributed by atoms with Crippen molar-refractivity contribution in [2.45, 2.75) is 71.9 Å². The fourth-order valence-corrected chi connectivity index (χ4v) is 12.8. The zero-order chi connectivity index (χ0) is 37.1. The number of hydrogen-bond donors (Lipinski definition) is 2. The Morgan fingerprint density at radius 2 is 1.75 bits per heavy atom. The first-order valence-electron chi connectivity index (χ1n) is 18.5. The number of aromatic nitrogens is 6. The number of nitrogens with one attached hydrogen (secondary N) is 1. The van der Waals surface area contributed by atoms with Gasteiger partial charge < -0.3 is 25.0 Å². The van der Waals surface area contributed by atoms with Crippen molar-refractivity contribution < 1.29 is 14.6 Å². The van der Waals surface area contributed by atoms with E-state index >= 15 is 0 Å². The second kappa shape index (κ2) is 11.5. The van der Waals surface area contributed by atoms with Crippen molar-refractivity contribution in [1.29, 1.82) is 0 Å². The van der Waals surface area contributed by atoms with E-state index in [1.165, 1.54) is 19.3 Å². The van der Waals surface area contributed by atoms with Crippen LogP contribution in [0.25, 0.3) is 21.3 Å². The molecule has 13 heteroatoms. The molecule has 4 saturated carbocycles. The van der Waals surface area contributed by atoms with Crippen molar-refractivity contribution in [3.8, 4) is 11.1 Å². The maximum atomic E-state index is 12.7. The Kier molecular flexibility index (Phi) is 7.46. The van der Waals surface area contributed by atoms with E-state index in [0.717, 1.165) is 64.7 Å². The van der Waals surface area contributed by atoms with E-state index in [0.29, 0.717) is 33.8 Å². The number of carboxylic acids is 1. The quantitative estimate of drug-likeness (QED) is 0.132. The summed E-state index contributed by atoms with van der Waals surface area (Å²) in [5.74, 6) is 0.504. The van der Waals surface area contributed by atoms with E-state index in [1.807, 2.05) is 69.6 Å². The van der Waals surface area contributed by atoms with Gasteiger partial charge in [-0.15, -0.1) is 10.2 Å². The molecule has 1 spiro atoms. The van der Waals surface area contributed by atoms with Crippen molar-refractivity contribution in [2.75, 3.05) is 44.5 Å². The van der Waals surface area contributed by atoms with Gasteiger partial charge in [0.2, 0.25) is 0 Å². The van der Waals surface area contributed by atoms with Gasteiger partial charge in [-0.25, -0.2) is 14.8 Å². The van der Waals surface area contributed by atoms with Crippen LogP contribution in [0.2, 0.25) is 0 Å². The molecule has 276 valence electrons. The van der Waals surface area contributed by atoms with Crippen molar-refractivity contribution in [2.24, 2.45) is 21.7 Å². The van der Waals surface area contributed by atoms with Crippen molar-refractivity contribution in [3.05, 3.63) is 65.6 Å². The third kappa shape index (κ3) is 4.85. The molecule has 2 N–H and O–H groups in total. The summed E-state index contributed by atoms with van der Waals surface area (Å²) in [5.41, 5.74) is 5.00. The van der Waals surface area contributed by atoms with Crippen LogP contribution in [0.3, 0.4) is 0 Å². The number of anilines is 4. The van der Waals surface area contributed by atoms with Crippen LogP contribution < -0.4 is 10.2 Å². The zero-order valence-corrected chi connectivity index (χ0v) is 32.3. The average molecular weight is 734 g/mol. The van der Waals surface area contributed by atoms with Crippen LogP contribution in [0, 0.1) is 35.5 Å². The number of fused-ring (bicyclic) bond motifs is 2. The Hall–Kier alpha value is -4.46. The van der Waals surface area contributed by atoms with E-state index in [1.54, 1.807) is 16.2 Å². The summed E-state index contributed by atoms with van der Waals surface area (Å²) in [6, 6.07) is 13.5. The standard InChI is InChI=1S/C40H47N9O3S/c1-24-16-31(45-46-33(24)44-35-42-28-10-8-9-11-29(28)53-35)48(7)30-13-12-26(32(43-30)34(50)51)27-17-41-49(25(27)2)23-38-19-36(3)18-37(4)20-39(21-38,40(36,37)22-38)52-15-14-47(5)6/h8-13,16-17H,14-15,18-23H2,1-7H3,(H,50,51)(H,42,44,46)/t36?,37-,38?,39?,40?/m1/s1. The first kappa shape index (κ1) is 34.3. The number of carboxylic acid groups (broad SMARTS) is 1. The lowest BCUT2D eigenvalue weighted by atomic mass is 9.24. The molecule has 4 fully saturated rings. The van der Waals surface area contributed by atoms with E-state index < -0.39 is 5.97 Å². The highest BCUT2D eigenvalue weighted by Crippen LogP contribution is 2.95. The topological polar surface area (TPSA) is 134 Å². The van der Waals surface area contributed by atoms with E-state index in [9.17, 15) is 9.90 Å². The molecule has 1 aromatic carbocycles. The normalized spacial score (nSPS) is 29.3. The van der Waals surface area contributed by atoms with Gasteiger partial charge in [-0.3, -0.25) is 4.68 Å². The third-order valence-corrected chi connectivity index (χ3v) is 14.4. The number of pyridine rings is 1. The number of aryl methyl sites for hydroxylation is 1. The molecule has 4 unspecified atom stereocenters. The lowest BCUT2D eigenvalue weighted by Crippen LogP contribution is -2.81. The van der Waals surface area contributed by atoms with Crippen LogP contribution in [-0.4, -0.2) is 85.8 Å². The van der Waals surface area contributed by atoms with Gasteiger partial charge in [-0.1, -0.05) is 37.3 Å². The summed E-state index contributed by atoms with van der Waals surface area (Å²) in [5, 5.41) is 28.2. The molecule has 0 aliphatic heterocycles. The van der Waals surface area contributed by atoms with Crippen molar-refractivity contribution >= 4 is 50.1 Å². The van der Waals surface area contributed by atoms with Crippen LogP contribution in [0.15, 0.2) is 48.7 Å². The largest absolute Gasteiger partial charge is 0.476 e. The molecule has 0 amide bonds.